The number of aliphatic carboxylic acids is 1. The summed E-state index contributed by atoms with van der Waals surface area (Å²) in [5, 5.41) is 10.0. The number of aromatic nitrogens is 1. The molecule has 0 aliphatic carbocycles. The van der Waals surface area contributed by atoms with Gasteiger partial charge in [0.2, 0.25) is 0 Å². The van der Waals surface area contributed by atoms with Crippen LogP contribution >= 0.6 is 11.8 Å². The van der Waals surface area contributed by atoms with Crippen LogP contribution < -0.4 is 28.1 Å². The number of carbonyl (C=O) groups is 1. The average Bonchev–Trinajstić information content (AvgIpc) is 2.92. The summed E-state index contributed by atoms with van der Waals surface area (Å²) in [6.45, 7) is 4.90. The lowest BCUT2D eigenvalue weighted by atomic mass is 10.1. The standard InChI is InChI=1S/C20H22N2O2S.ClHO4/c1-14-11-16(12-15(2)22(14)10-6-9-20(23)24)13-19-21(3)17-7-4-5-8-18(17)25-19;2-1(3,4)5/h4-5,7-8,11-13H,6,9-10H2,1-3H3;(H,2,3,4,5). The van der Waals surface area contributed by atoms with E-state index in [9.17, 15) is 4.79 Å². The Labute approximate surface area is 181 Å². The van der Waals surface area contributed by atoms with Crippen molar-refractivity contribution in [3.8, 4) is 0 Å². The normalized spacial score (nSPS) is 14.4. The lowest BCUT2D eigenvalue weighted by Gasteiger charge is -2.17. The van der Waals surface area contributed by atoms with Crippen LogP contribution in [0.15, 0.2) is 46.3 Å². The number of hydrogen-bond acceptors (Lipinski definition) is 7. The van der Waals surface area contributed by atoms with Crippen molar-refractivity contribution in [1.82, 2.24) is 0 Å². The number of para-hydroxylation sites is 1. The average molecular weight is 455 g/mol. The number of carboxylic acids is 1. The molecule has 3 rings (SSSR count). The SMILES string of the molecule is Cc1cc(/C=C2\Sc3ccccc3N2C)cc(C)[n+]1CCCC(=O)O.[O-][Cl+3]([O-])([O-])[O-]. The van der Waals surface area contributed by atoms with Crippen molar-refractivity contribution >= 4 is 29.5 Å². The fourth-order valence-electron chi connectivity index (χ4n) is 3.17. The lowest BCUT2D eigenvalue weighted by molar-refractivity contribution is -2.00. The van der Waals surface area contributed by atoms with Crippen molar-refractivity contribution in [2.45, 2.75) is 38.1 Å². The van der Waals surface area contributed by atoms with Crippen LogP contribution in [0.2, 0.25) is 0 Å². The summed E-state index contributed by atoms with van der Waals surface area (Å²) in [4.78, 5) is 14.2. The number of hydrogen-bond donors (Lipinski definition) is 1. The molecule has 0 saturated heterocycles. The third-order valence-electron chi connectivity index (χ3n) is 4.44. The first-order chi connectivity index (χ1) is 14.0. The molecule has 1 aliphatic rings. The molecular formula is C20H23ClN2O6S. The highest BCUT2D eigenvalue weighted by molar-refractivity contribution is 8.03. The minimum Gasteiger partial charge on any atom is -0.481 e. The number of thioether (sulfide) groups is 1. The second-order valence-corrected chi connectivity index (χ2v) is 8.53. The van der Waals surface area contributed by atoms with Gasteiger partial charge >= 0.3 is 5.97 Å². The van der Waals surface area contributed by atoms with Gasteiger partial charge in [-0.15, -0.1) is 10.2 Å². The summed E-state index contributed by atoms with van der Waals surface area (Å²) in [6.07, 6.45) is 3.07. The Morgan fingerprint density at radius 3 is 2.27 bits per heavy atom. The summed E-state index contributed by atoms with van der Waals surface area (Å²) in [6, 6.07) is 12.8. The Morgan fingerprint density at radius 1 is 1.17 bits per heavy atom. The molecule has 30 heavy (non-hydrogen) atoms. The number of anilines is 1. The van der Waals surface area contributed by atoms with E-state index in [1.807, 2.05) is 0 Å². The van der Waals surface area contributed by atoms with Gasteiger partial charge in [-0.25, -0.2) is 23.2 Å². The Bertz CT molecular complexity index is 916. The number of rotatable bonds is 5. The van der Waals surface area contributed by atoms with Crippen molar-refractivity contribution in [3.05, 3.63) is 58.4 Å². The molecule has 1 aromatic carbocycles. The molecule has 0 unspecified atom stereocenters. The van der Waals surface area contributed by atoms with Gasteiger partial charge in [0.25, 0.3) is 0 Å². The summed E-state index contributed by atoms with van der Waals surface area (Å²) >= 11 is 1.79. The van der Waals surface area contributed by atoms with Gasteiger partial charge in [0, 0.05) is 44.3 Å². The van der Waals surface area contributed by atoms with Gasteiger partial charge in [-0.05, 0) is 23.8 Å². The molecule has 8 nitrogen and oxygen atoms in total. The van der Waals surface area contributed by atoms with E-state index in [1.54, 1.807) is 11.8 Å². The van der Waals surface area contributed by atoms with E-state index in [2.05, 4.69) is 72.8 Å². The molecule has 0 fully saturated rings. The molecule has 2 heterocycles. The topological polar surface area (TPSA) is 137 Å². The summed E-state index contributed by atoms with van der Waals surface area (Å²) in [7, 11) is -2.85. The number of nitrogens with zero attached hydrogens (tertiary/aromatic N) is 2. The van der Waals surface area contributed by atoms with E-state index in [0.29, 0.717) is 6.42 Å². The van der Waals surface area contributed by atoms with Gasteiger partial charge in [0.15, 0.2) is 11.4 Å². The molecule has 1 aliphatic heterocycles. The van der Waals surface area contributed by atoms with Gasteiger partial charge in [0.1, 0.15) is 6.54 Å². The van der Waals surface area contributed by atoms with Crippen molar-refractivity contribution < 1.29 is 43.3 Å². The van der Waals surface area contributed by atoms with E-state index in [4.69, 9.17) is 23.7 Å². The Kier molecular flexibility index (Phi) is 8.25. The zero-order valence-corrected chi connectivity index (χ0v) is 18.4. The maximum atomic E-state index is 10.7. The highest BCUT2D eigenvalue weighted by Gasteiger charge is 2.21. The van der Waals surface area contributed by atoms with Gasteiger partial charge in [-0.3, -0.25) is 4.79 Å². The first-order valence-corrected chi connectivity index (χ1v) is 11.1. The van der Waals surface area contributed by atoms with Crippen molar-refractivity contribution in [2.24, 2.45) is 0 Å². The lowest BCUT2D eigenvalue weighted by Crippen LogP contribution is -2.68. The highest BCUT2D eigenvalue weighted by Crippen LogP contribution is 2.45. The molecule has 162 valence electrons. The van der Waals surface area contributed by atoms with Gasteiger partial charge in [-0.2, -0.15) is 0 Å². The molecule has 0 amide bonds. The number of fused-ring (bicyclic) bond motifs is 1. The van der Waals surface area contributed by atoms with Crippen LogP contribution in [-0.4, -0.2) is 18.1 Å². The van der Waals surface area contributed by atoms with Crippen LogP contribution in [0.25, 0.3) is 6.08 Å². The van der Waals surface area contributed by atoms with E-state index in [0.717, 1.165) is 17.9 Å². The van der Waals surface area contributed by atoms with E-state index in [-0.39, 0.29) is 6.42 Å². The van der Waals surface area contributed by atoms with Crippen LogP contribution in [0.3, 0.4) is 0 Å². The predicted octanol–water partition coefficient (Wildman–Crippen LogP) is -0.760. The summed E-state index contributed by atoms with van der Waals surface area (Å²) in [5.74, 6) is -0.738. The molecule has 0 saturated carbocycles. The largest absolute Gasteiger partial charge is 0.481 e. The Morgan fingerprint density at radius 2 is 1.73 bits per heavy atom. The van der Waals surface area contributed by atoms with E-state index < -0.39 is 16.2 Å². The Hall–Kier alpha value is -2.14. The molecule has 0 bridgehead atoms. The third kappa shape index (κ3) is 7.28. The van der Waals surface area contributed by atoms with Crippen LogP contribution in [0.5, 0.6) is 0 Å². The third-order valence-corrected chi connectivity index (χ3v) is 5.60. The molecule has 0 radical (unpaired) electrons. The summed E-state index contributed by atoms with van der Waals surface area (Å²) < 4.78 is 36.2. The summed E-state index contributed by atoms with van der Waals surface area (Å²) in [5.41, 5.74) is 4.72. The monoisotopic (exact) mass is 454 g/mol. The molecular weight excluding hydrogens is 432 g/mol. The fraction of sp³-hybridized carbons (Fsp3) is 0.300. The smallest absolute Gasteiger partial charge is 0.303 e. The van der Waals surface area contributed by atoms with Crippen LogP contribution in [0.1, 0.15) is 29.8 Å². The minimum absolute atomic E-state index is 0.206. The number of carboxylic acid groups (broad SMARTS) is 1. The van der Waals surface area contributed by atoms with Gasteiger partial charge < -0.3 is 10.0 Å². The van der Waals surface area contributed by atoms with Crippen molar-refractivity contribution in [1.29, 1.82) is 0 Å². The number of halogens is 1. The molecule has 0 spiro atoms. The number of benzene rings is 1. The fourth-order valence-corrected chi connectivity index (χ4v) is 4.28. The van der Waals surface area contributed by atoms with Gasteiger partial charge in [0.05, 0.1) is 17.1 Å². The molecule has 2 aromatic rings. The van der Waals surface area contributed by atoms with Crippen LogP contribution in [0, 0.1) is 24.1 Å². The van der Waals surface area contributed by atoms with Gasteiger partial charge in [-0.1, -0.05) is 23.9 Å². The highest BCUT2D eigenvalue weighted by atomic mass is 35.7. The van der Waals surface area contributed by atoms with Crippen LogP contribution in [0.4, 0.5) is 5.69 Å². The minimum atomic E-state index is -4.94. The molecule has 10 heteroatoms. The predicted molar refractivity (Wildman–Crippen MR) is 102 cm³/mol. The van der Waals surface area contributed by atoms with E-state index >= 15 is 0 Å². The Balaban J connectivity index is 0.000000575. The second-order valence-electron chi connectivity index (χ2n) is 6.71. The molecule has 0 atom stereocenters. The number of pyridine rings is 1. The quantitative estimate of drug-likeness (QED) is 0.582. The maximum Gasteiger partial charge on any atom is 0.303 e. The first-order valence-electron chi connectivity index (χ1n) is 9.02. The number of aryl methyl sites for hydroxylation is 2. The molecule has 1 N–H and O–H groups in total. The van der Waals surface area contributed by atoms with E-state index in [1.165, 1.54) is 21.2 Å². The maximum absolute atomic E-state index is 10.7. The van der Waals surface area contributed by atoms with Crippen molar-refractivity contribution in [2.75, 3.05) is 11.9 Å². The zero-order valence-electron chi connectivity index (χ0n) is 16.8. The zero-order chi connectivity index (χ0) is 22.5. The first kappa shape index (κ1) is 24.1. The second kappa shape index (κ2) is 10.3. The molecule has 1 aromatic heterocycles. The van der Waals surface area contributed by atoms with Crippen molar-refractivity contribution in [3.63, 3.8) is 0 Å². The van der Waals surface area contributed by atoms with Crippen LogP contribution in [-0.2, 0) is 11.3 Å².